The number of hydrogen-bond acceptors (Lipinski definition) is 4. The second kappa shape index (κ2) is 9.68. The van der Waals surface area contributed by atoms with E-state index in [-0.39, 0.29) is 16.9 Å². The zero-order valence-electron chi connectivity index (χ0n) is 21.2. The highest BCUT2D eigenvalue weighted by Crippen LogP contribution is 2.47. The molecular weight excluding hydrogens is 441 g/mol. The molecule has 0 radical (unpaired) electrons. The predicted molar refractivity (Wildman–Crippen MR) is 139 cm³/mol. The van der Waals surface area contributed by atoms with Gasteiger partial charge in [0.25, 0.3) is 5.91 Å². The Morgan fingerprint density at radius 2 is 1.74 bits per heavy atom. The quantitative estimate of drug-likeness (QED) is 0.545. The number of rotatable bonds is 6. The number of anilines is 2. The summed E-state index contributed by atoms with van der Waals surface area (Å²) in [6.07, 6.45) is 1.14. The van der Waals surface area contributed by atoms with Gasteiger partial charge in [0, 0.05) is 53.7 Å². The van der Waals surface area contributed by atoms with Crippen molar-refractivity contribution in [2.45, 2.75) is 53.4 Å². The van der Waals surface area contributed by atoms with Crippen molar-refractivity contribution in [1.82, 2.24) is 5.32 Å². The molecule has 0 saturated carbocycles. The summed E-state index contributed by atoms with van der Waals surface area (Å²) in [6.45, 7) is 12.0. The lowest BCUT2D eigenvalue weighted by molar-refractivity contribution is -0.118. The van der Waals surface area contributed by atoms with Crippen molar-refractivity contribution in [2.75, 3.05) is 23.3 Å². The van der Waals surface area contributed by atoms with Crippen molar-refractivity contribution in [3.63, 3.8) is 0 Å². The first-order valence-electron chi connectivity index (χ1n) is 12.3. The van der Waals surface area contributed by atoms with Crippen molar-refractivity contribution in [3.05, 3.63) is 82.5 Å². The summed E-state index contributed by atoms with van der Waals surface area (Å²) in [5, 5.41) is 6.09. The summed E-state index contributed by atoms with van der Waals surface area (Å²) in [7, 11) is 0. The molecule has 1 heterocycles. The Morgan fingerprint density at radius 3 is 2.37 bits per heavy atom. The second-order valence-electron chi connectivity index (χ2n) is 10.1. The lowest BCUT2D eigenvalue weighted by atomic mass is 9.68. The number of nitrogens with one attached hydrogen (secondary N) is 2. The molecule has 6 heteroatoms. The van der Waals surface area contributed by atoms with Crippen LogP contribution in [0.5, 0.6) is 0 Å². The van der Waals surface area contributed by atoms with Crippen LogP contribution in [0.25, 0.3) is 0 Å². The molecule has 0 bridgehead atoms. The van der Waals surface area contributed by atoms with E-state index >= 15 is 0 Å². The van der Waals surface area contributed by atoms with E-state index in [4.69, 9.17) is 0 Å². The minimum Gasteiger partial charge on any atom is -0.372 e. The maximum atomic E-state index is 14.3. The smallest absolute Gasteiger partial charge is 0.254 e. The maximum Gasteiger partial charge on any atom is 0.254 e. The molecule has 184 valence electrons. The third kappa shape index (κ3) is 4.88. The number of hydrogen-bond donors (Lipinski definition) is 2. The Morgan fingerprint density at radius 1 is 1.09 bits per heavy atom. The van der Waals surface area contributed by atoms with Crippen LogP contribution in [0.3, 0.4) is 0 Å². The first-order chi connectivity index (χ1) is 16.6. The Kier molecular flexibility index (Phi) is 6.84. The molecule has 0 aromatic heterocycles. The number of carbonyl (C=O) groups is 2. The monoisotopic (exact) mass is 475 g/mol. The topological polar surface area (TPSA) is 61.4 Å². The molecule has 0 spiro atoms. The number of carbonyl (C=O) groups excluding carboxylic acids is 2. The van der Waals surface area contributed by atoms with Crippen molar-refractivity contribution in [1.29, 1.82) is 0 Å². The fraction of sp³-hybridized carbons (Fsp3) is 0.379. The van der Waals surface area contributed by atoms with E-state index in [1.807, 2.05) is 31.2 Å². The molecule has 0 saturated heterocycles. The minimum absolute atomic E-state index is 0.0465. The number of allylic oxidation sites excluding steroid dienone is 3. The molecule has 1 aliphatic carbocycles. The van der Waals surface area contributed by atoms with Crippen molar-refractivity contribution < 1.29 is 14.0 Å². The first kappa shape index (κ1) is 24.7. The number of ketones is 1. The number of nitrogens with zero attached hydrogens (tertiary/aromatic N) is 1. The SMILES string of the molecule is CCN(CC)c1ccc([C@@H]2C(C(=O)Nc3ccccc3F)=C(C)NC3=C2C(=O)CC(C)(C)C3)cc1. The van der Waals surface area contributed by atoms with Crippen LogP contribution < -0.4 is 15.5 Å². The van der Waals surface area contributed by atoms with E-state index in [9.17, 15) is 14.0 Å². The van der Waals surface area contributed by atoms with Crippen molar-refractivity contribution >= 4 is 23.1 Å². The first-order valence-corrected chi connectivity index (χ1v) is 12.3. The normalized spacial score (nSPS) is 19.3. The molecule has 2 aromatic carbocycles. The zero-order chi connectivity index (χ0) is 25.3. The number of dihydropyridines is 1. The third-order valence-corrected chi connectivity index (χ3v) is 6.96. The lowest BCUT2D eigenvalue weighted by Crippen LogP contribution is -2.39. The van der Waals surface area contributed by atoms with Crippen LogP contribution in [0, 0.1) is 11.2 Å². The summed E-state index contributed by atoms with van der Waals surface area (Å²) < 4.78 is 14.3. The van der Waals surface area contributed by atoms with Crippen molar-refractivity contribution in [2.24, 2.45) is 5.41 Å². The van der Waals surface area contributed by atoms with E-state index in [1.165, 1.54) is 12.1 Å². The minimum atomic E-state index is -0.521. The second-order valence-corrected chi connectivity index (χ2v) is 10.1. The van der Waals surface area contributed by atoms with E-state index in [0.29, 0.717) is 23.3 Å². The standard InChI is InChI=1S/C29H34FN3O2/c1-6-33(7-2)20-14-12-19(13-15-20)26-25(28(35)32-22-11-9-8-10-21(22)30)18(3)31-23-16-29(4,5)17-24(34)27(23)26/h8-15,26,31H,6-7,16-17H2,1-5H3,(H,32,35)/t26-/m1/s1. The van der Waals surface area contributed by atoms with Crippen LogP contribution in [0.15, 0.2) is 71.1 Å². The molecule has 5 nitrogen and oxygen atoms in total. The summed E-state index contributed by atoms with van der Waals surface area (Å²) in [4.78, 5) is 29.3. The molecule has 1 amide bonds. The highest BCUT2D eigenvalue weighted by Gasteiger charge is 2.42. The molecular formula is C29H34FN3O2. The summed E-state index contributed by atoms with van der Waals surface area (Å²) in [5.41, 5.74) is 4.57. The number of Topliss-reactive ketones (excluding diaryl/α,β-unsaturated/α-hetero) is 1. The van der Waals surface area contributed by atoms with E-state index in [2.05, 4.69) is 43.2 Å². The van der Waals surface area contributed by atoms with Crippen LogP contribution in [-0.4, -0.2) is 24.8 Å². The van der Waals surface area contributed by atoms with Crippen LogP contribution in [-0.2, 0) is 9.59 Å². The Bertz CT molecular complexity index is 1210. The Labute approximate surface area is 207 Å². The number of benzene rings is 2. The average Bonchev–Trinajstić information content (AvgIpc) is 2.80. The molecule has 1 aliphatic heterocycles. The zero-order valence-corrected chi connectivity index (χ0v) is 21.2. The van der Waals surface area contributed by atoms with Gasteiger partial charge in [-0.15, -0.1) is 0 Å². The highest BCUT2D eigenvalue weighted by atomic mass is 19.1. The lowest BCUT2D eigenvalue weighted by Gasteiger charge is -2.39. The predicted octanol–water partition coefficient (Wildman–Crippen LogP) is 5.91. The third-order valence-electron chi connectivity index (χ3n) is 6.96. The highest BCUT2D eigenvalue weighted by molar-refractivity contribution is 6.10. The Balaban J connectivity index is 1.80. The van der Waals surface area contributed by atoms with E-state index < -0.39 is 17.6 Å². The fourth-order valence-corrected chi connectivity index (χ4v) is 5.29. The van der Waals surface area contributed by atoms with Gasteiger partial charge in [-0.25, -0.2) is 4.39 Å². The van der Waals surface area contributed by atoms with Crippen LogP contribution in [0.4, 0.5) is 15.8 Å². The molecule has 2 aliphatic rings. The van der Waals surface area contributed by atoms with Crippen LogP contribution in [0.2, 0.25) is 0 Å². The van der Waals surface area contributed by atoms with Gasteiger partial charge in [0.1, 0.15) is 5.82 Å². The number of halogens is 1. The van der Waals surface area contributed by atoms with Gasteiger partial charge in [0.2, 0.25) is 0 Å². The summed E-state index contributed by atoms with van der Waals surface area (Å²) in [6, 6.07) is 14.2. The molecule has 0 unspecified atom stereocenters. The van der Waals surface area contributed by atoms with E-state index in [0.717, 1.165) is 36.5 Å². The number of amides is 1. The molecule has 35 heavy (non-hydrogen) atoms. The molecule has 4 rings (SSSR count). The summed E-state index contributed by atoms with van der Waals surface area (Å²) >= 11 is 0. The van der Waals surface area contributed by atoms with Gasteiger partial charge in [-0.2, -0.15) is 0 Å². The molecule has 0 fully saturated rings. The molecule has 2 N–H and O–H groups in total. The maximum absolute atomic E-state index is 14.3. The van der Waals surface area contributed by atoms with Gasteiger partial charge in [-0.3, -0.25) is 9.59 Å². The average molecular weight is 476 g/mol. The van der Waals surface area contributed by atoms with Gasteiger partial charge < -0.3 is 15.5 Å². The van der Waals surface area contributed by atoms with Gasteiger partial charge in [-0.1, -0.05) is 38.1 Å². The van der Waals surface area contributed by atoms with Gasteiger partial charge in [-0.05, 0) is 62.4 Å². The molecule has 2 aromatic rings. The van der Waals surface area contributed by atoms with Gasteiger partial charge >= 0.3 is 0 Å². The van der Waals surface area contributed by atoms with Crippen molar-refractivity contribution in [3.8, 4) is 0 Å². The van der Waals surface area contributed by atoms with Crippen LogP contribution in [0.1, 0.15) is 58.9 Å². The largest absolute Gasteiger partial charge is 0.372 e. The Hall–Kier alpha value is -3.41. The van der Waals surface area contributed by atoms with Gasteiger partial charge in [0.05, 0.1) is 5.69 Å². The van der Waals surface area contributed by atoms with E-state index in [1.54, 1.807) is 12.1 Å². The van der Waals surface area contributed by atoms with Gasteiger partial charge in [0.15, 0.2) is 5.78 Å². The number of para-hydroxylation sites is 1. The summed E-state index contributed by atoms with van der Waals surface area (Å²) in [5.74, 6) is -1.39. The van der Waals surface area contributed by atoms with Crippen LogP contribution >= 0.6 is 0 Å². The molecule has 1 atom stereocenters. The fourth-order valence-electron chi connectivity index (χ4n) is 5.29.